The second-order valence-electron chi connectivity index (χ2n) is 7.54. The minimum Gasteiger partial charge on any atom is -0.463 e. The highest BCUT2D eigenvalue weighted by Gasteiger charge is 2.38. The zero-order valence-electron chi connectivity index (χ0n) is 18.3. The van der Waals surface area contributed by atoms with Crippen molar-refractivity contribution in [2.75, 3.05) is 23.4 Å². The van der Waals surface area contributed by atoms with Gasteiger partial charge < -0.3 is 15.0 Å². The Balaban J connectivity index is 1.72. The molecule has 1 aromatic heterocycles. The fourth-order valence-corrected chi connectivity index (χ4v) is 3.90. The molecule has 3 aromatic rings. The second kappa shape index (κ2) is 9.05. The number of amides is 1. The maximum Gasteiger partial charge on any atom is 0.338 e. The molecule has 2 heterocycles. The minimum absolute atomic E-state index is 0.0249. The molecule has 1 amide bonds. The van der Waals surface area contributed by atoms with Crippen molar-refractivity contribution in [3.05, 3.63) is 83.3 Å². The third-order valence-corrected chi connectivity index (χ3v) is 5.32. The van der Waals surface area contributed by atoms with Crippen LogP contribution < -0.4 is 10.2 Å². The Morgan fingerprint density at radius 1 is 1.09 bits per heavy atom. The summed E-state index contributed by atoms with van der Waals surface area (Å²) in [4.78, 5) is 32.0. The monoisotopic (exact) mass is 431 g/mol. The lowest BCUT2D eigenvalue weighted by Gasteiger charge is -2.35. The number of anilines is 2. The standard InChI is InChI=1S/C24H25N5O3/c1-4-32-23(31)21-17(3)28(14-20(30)27-19-12-8-9-16(2)13-19)24-25-15-26-29(24)22(21)18-10-6-5-7-11-18/h5-13,15,22H,4,14H2,1-3H3,(H,27,30)/t22-/m1/s1. The van der Waals surface area contributed by atoms with E-state index >= 15 is 0 Å². The molecule has 32 heavy (non-hydrogen) atoms. The zero-order valence-corrected chi connectivity index (χ0v) is 18.3. The number of carbonyl (C=O) groups excluding carboxylic acids is 2. The molecule has 4 rings (SSSR count). The van der Waals surface area contributed by atoms with Crippen LogP contribution in [-0.2, 0) is 14.3 Å². The SMILES string of the molecule is CCOC(=O)C1=C(C)N(CC(=O)Nc2cccc(C)c2)c2ncnn2[C@@H]1c1ccccc1. The number of hydrogen-bond donors (Lipinski definition) is 1. The van der Waals surface area contributed by atoms with Gasteiger partial charge in [0.15, 0.2) is 0 Å². The van der Waals surface area contributed by atoms with Crippen molar-refractivity contribution in [1.29, 1.82) is 0 Å². The van der Waals surface area contributed by atoms with E-state index in [1.165, 1.54) is 6.33 Å². The summed E-state index contributed by atoms with van der Waals surface area (Å²) in [6.07, 6.45) is 1.43. The summed E-state index contributed by atoms with van der Waals surface area (Å²) in [7, 11) is 0. The van der Waals surface area contributed by atoms with Crippen molar-refractivity contribution in [2.24, 2.45) is 0 Å². The number of carbonyl (C=O) groups is 2. The van der Waals surface area contributed by atoms with Crippen LogP contribution in [0.2, 0.25) is 0 Å². The Morgan fingerprint density at radius 2 is 1.88 bits per heavy atom. The summed E-state index contributed by atoms with van der Waals surface area (Å²) < 4.78 is 7.03. The Morgan fingerprint density at radius 3 is 2.59 bits per heavy atom. The van der Waals surface area contributed by atoms with Crippen LogP contribution in [0, 0.1) is 6.92 Å². The topological polar surface area (TPSA) is 89.3 Å². The van der Waals surface area contributed by atoms with Crippen LogP contribution in [0.1, 0.15) is 31.0 Å². The number of hydrogen-bond acceptors (Lipinski definition) is 6. The molecule has 2 aromatic carbocycles. The number of aromatic nitrogens is 3. The van der Waals surface area contributed by atoms with Crippen molar-refractivity contribution in [3.8, 4) is 0 Å². The fraction of sp³-hybridized carbons (Fsp3) is 0.250. The molecule has 0 spiro atoms. The van der Waals surface area contributed by atoms with Gasteiger partial charge in [-0.05, 0) is 44.0 Å². The largest absolute Gasteiger partial charge is 0.463 e. The predicted molar refractivity (Wildman–Crippen MR) is 121 cm³/mol. The molecule has 164 valence electrons. The molecular formula is C24H25N5O3. The molecule has 1 aliphatic heterocycles. The van der Waals surface area contributed by atoms with Gasteiger partial charge in [0.2, 0.25) is 11.9 Å². The van der Waals surface area contributed by atoms with E-state index in [4.69, 9.17) is 4.74 Å². The van der Waals surface area contributed by atoms with E-state index in [0.29, 0.717) is 22.9 Å². The van der Waals surface area contributed by atoms with Crippen molar-refractivity contribution >= 4 is 23.5 Å². The lowest BCUT2D eigenvalue weighted by Crippen LogP contribution is -2.40. The number of fused-ring (bicyclic) bond motifs is 1. The quantitative estimate of drug-likeness (QED) is 0.601. The maximum absolute atomic E-state index is 13.0. The van der Waals surface area contributed by atoms with E-state index in [-0.39, 0.29) is 19.1 Å². The lowest BCUT2D eigenvalue weighted by molar-refractivity contribution is -0.139. The van der Waals surface area contributed by atoms with Crippen LogP contribution in [0.15, 0.2) is 72.2 Å². The van der Waals surface area contributed by atoms with Crippen LogP contribution in [0.5, 0.6) is 0 Å². The van der Waals surface area contributed by atoms with E-state index in [1.54, 1.807) is 23.4 Å². The number of nitrogens with one attached hydrogen (secondary N) is 1. The maximum atomic E-state index is 13.0. The van der Waals surface area contributed by atoms with Gasteiger partial charge >= 0.3 is 5.97 Å². The zero-order chi connectivity index (χ0) is 22.7. The summed E-state index contributed by atoms with van der Waals surface area (Å²) in [6.45, 7) is 5.76. The highest BCUT2D eigenvalue weighted by molar-refractivity contribution is 5.96. The smallest absolute Gasteiger partial charge is 0.338 e. The van der Waals surface area contributed by atoms with Crippen LogP contribution in [0.3, 0.4) is 0 Å². The first-order chi connectivity index (χ1) is 15.5. The predicted octanol–water partition coefficient (Wildman–Crippen LogP) is 3.47. The van der Waals surface area contributed by atoms with Crippen molar-refractivity contribution in [1.82, 2.24) is 14.8 Å². The van der Waals surface area contributed by atoms with Gasteiger partial charge in [-0.15, -0.1) is 0 Å². The third-order valence-electron chi connectivity index (χ3n) is 5.32. The molecule has 1 aliphatic rings. The first-order valence-electron chi connectivity index (χ1n) is 10.5. The van der Waals surface area contributed by atoms with Crippen molar-refractivity contribution < 1.29 is 14.3 Å². The number of aryl methyl sites for hydroxylation is 1. The Bertz CT molecular complexity index is 1170. The van der Waals surface area contributed by atoms with Crippen molar-refractivity contribution in [3.63, 3.8) is 0 Å². The normalized spacial score (nSPS) is 15.3. The highest BCUT2D eigenvalue weighted by Crippen LogP contribution is 2.38. The van der Waals surface area contributed by atoms with Gasteiger partial charge in [-0.1, -0.05) is 42.5 Å². The molecule has 0 saturated heterocycles. The first kappa shape index (κ1) is 21.3. The van der Waals surface area contributed by atoms with Gasteiger partial charge in [0.05, 0.1) is 12.2 Å². The van der Waals surface area contributed by atoms with E-state index in [9.17, 15) is 9.59 Å². The first-order valence-corrected chi connectivity index (χ1v) is 10.5. The molecule has 0 aliphatic carbocycles. The molecule has 0 unspecified atom stereocenters. The number of esters is 1. The van der Waals surface area contributed by atoms with Gasteiger partial charge in [0.25, 0.3) is 0 Å². The number of allylic oxidation sites excluding steroid dienone is 1. The summed E-state index contributed by atoms with van der Waals surface area (Å²) in [5.74, 6) is -0.182. The van der Waals surface area contributed by atoms with Crippen LogP contribution in [0.4, 0.5) is 11.6 Å². The highest BCUT2D eigenvalue weighted by atomic mass is 16.5. The molecule has 0 bridgehead atoms. The fourth-order valence-electron chi connectivity index (χ4n) is 3.90. The number of benzene rings is 2. The summed E-state index contributed by atoms with van der Waals surface area (Å²) in [5, 5.41) is 7.29. The second-order valence-corrected chi connectivity index (χ2v) is 7.54. The minimum atomic E-state index is -0.496. The third kappa shape index (κ3) is 4.12. The van der Waals surface area contributed by atoms with Gasteiger partial charge in [-0.3, -0.25) is 4.79 Å². The average Bonchev–Trinajstić information content (AvgIpc) is 3.25. The van der Waals surface area contributed by atoms with Gasteiger partial charge in [0.1, 0.15) is 18.9 Å². The van der Waals surface area contributed by atoms with E-state index < -0.39 is 12.0 Å². The summed E-state index contributed by atoms with van der Waals surface area (Å²) >= 11 is 0. The molecule has 1 N–H and O–H groups in total. The number of nitrogens with zero attached hydrogens (tertiary/aromatic N) is 4. The van der Waals surface area contributed by atoms with E-state index in [2.05, 4.69) is 15.4 Å². The molecule has 8 nitrogen and oxygen atoms in total. The molecule has 0 saturated carbocycles. The van der Waals surface area contributed by atoms with Crippen LogP contribution in [0.25, 0.3) is 0 Å². The van der Waals surface area contributed by atoms with Gasteiger partial charge in [0, 0.05) is 11.4 Å². The Labute approximate surface area is 186 Å². The van der Waals surface area contributed by atoms with E-state index in [1.807, 2.05) is 61.5 Å². The van der Waals surface area contributed by atoms with Crippen molar-refractivity contribution in [2.45, 2.75) is 26.8 Å². The van der Waals surface area contributed by atoms with Crippen LogP contribution >= 0.6 is 0 Å². The van der Waals surface area contributed by atoms with Crippen LogP contribution in [-0.4, -0.2) is 39.8 Å². The van der Waals surface area contributed by atoms with Gasteiger partial charge in [-0.2, -0.15) is 10.1 Å². The lowest BCUT2D eigenvalue weighted by atomic mass is 9.95. The molecule has 0 fully saturated rings. The van der Waals surface area contributed by atoms with Gasteiger partial charge in [-0.25, -0.2) is 9.48 Å². The molecule has 1 atom stereocenters. The van der Waals surface area contributed by atoms with E-state index in [0.717, 1.165) is 11.1 Å². The number of rotatable bonds is 6. The molecule has 0 radical (unpaired) electrons. The summed E-state index contributed by atoms with van der Waals surface area (Å²) in [5.41, 5.74) is 3.68. The molecular weight excluding hydrogens is 406 g/mol. The Hall–Kier alpha value is -3.94. The number of ether oxygens (including phenoxy) is 1. The average molecular weight is 431 g/mol. The summed E-state index contributed by atoms with van der Waals surface area (Å²) in [6, 6.07) is 16.7. The molecule has 8 heteroatoms. The Kier molecular flexibility index (Phi) is 6.02.